The van der Waals surface area contributed by atoms with Gasteiger partial charge >= 0.3 is 0 Å². The topological polar surface area (TPSA) is 40.5 Å². The van der Waals surface area contributed by atoms with E-state index in [0.29, 0.717) is 11.5 Å². The molecule has 2 heteroatoms. The van der Waals surface area contributed by atoms with Crippen LogP contribution in [0.4, 0.5) is 0 Å². The average Bonchev–Trinajstić information content (AvgIpc) is 2.61. The van der Waals surface area contributed by atoms with Crippen molar-refractivity contribution < 1.29 is 10.2 Å². The van der Waals surface area contributed by atoms with Gasteiger partial charge in [0.1, 0.15) is 11.5 Å². The SMILES string of the molecule is CCCc1cc(C)cc(C(c2cc(C)cc(CCC)c2O)C(C)CC(C)(C)C)c1O. The molecule has 0 heterocycles. The van der Waals surface area contributed by atoms with E-state index in [0.717, 1.165) is 54.4 Å². The quantitative estimate of drug-likeness (QED) is 0.465. The maximum Gasteiger partial charge on any atom is 0.122 e. The van der Waals surface area contributed by atoms with E-state index in [1.165, 1.54) is 11.1 Å². The third-order valence-corrected chi connectivity index (χ3v) is 5.94. The molecule has 2 aromatic carbocycles. The molecule has 2 aromatic rings. The summed E-state index contributed by atoms with van der Waals surface area (Å²) >= 11 is 0. The van der Waals surface area contributed by atoms with Crippen molar-refractivity contribution >= 4 is 0 Å². The van der Waals surface area contributed by atoms with Gasteiger partial charge in [-0.3, -0.25) is 0 Å². The highest BCUT2D eigenvalue weighted by atomic mass is 16.3. The highest BCUT2D eigenvalue weighted by molar-refractivity contribution is 5.54. The molecule has 0 saturated heterocycles. The van der Waals surface area contributed by atoms with E-state index in [4.69, 9.17) is 0 Å². The average molecular weight is 411 g/mol. The number of hydrogen-bond acceptors (Lipinski definition) is 2. The minimum atomic E-state index is -0.0461. The summed E-state index contributed by atoms with van der Waals surface area (Å²) in [5.74, 6) is 1.04. The lowest BCUT2D eigenvalue weighted by atomic mass is 9.72. The summed E-state index contributed by atoms with van der Waals surface area (Å²) < 4.78 is 0. The van der Waals surface area contributed by atoms with Gasteiger partial charge in [0.05, 0.1) is 0 Å². The number of rotatable bonds is 8. The smallest absolute Gasteiger partial charge is 0.122 e. The van der Waals surface area contributed by atoms with Gasteiger partial charge in [0.2, 0.25) is 0 Å². The van der Waals surface area contributed by atoms with Gasteiger partial charge in [0.15, 0.2) is 0 Å². The standard InChI is InChI=1S/C28H42O2/c1-9-11-21-13-18(3)15-23(26(21)29)25(20(5)17-28(6,7)8)24-16-19(4)14-22(12-10-2)27(24)30/h13-16,20,25,29-30H,9-12,17H2,1-8H3. The lowest BCUT2D eigenvalue weighted by molar-refractivity contribution is 0.285. The molecule has 2 N–H and O–H groups in total. The number of aryl methyl sites for hydroxylation is 4. The van der Waals surface area contributed by atoms with Crippen LogP contribution >= 0.6 is 0 Å². The predicted octanol–water partition coefficient (Wildman–Crippen LogP) is 7.82. The van der Waals surface area contributed by atoms with Crippen LogP contribution in [0.3, 0.4) is 0 Å². The van der Waals surface area contributed by atoms with E-state index in [9.17, 15) is 10.2 Å². The molecular formula is C28H42O2. The normalized spacial score (nSPS) is 13.1. The Labute approximate surface area is 184 Å². The largest absolute Gasteiger partial charge is 0.507 e. The molecule has 0 fully saturated rings. The van der Waals surface area contributed by atoms with E-state index in [2.05, 4.69) is 79.7 Å². The molecule has 0 aliphatic rings. The van der Waals surface area contributed by atoms with Crippen LogP contribution in [0.25, 0.3) is 0 Å². The van der Waals surface area contributed by atoms with Crippen LogP contribution in [0.2, 0.25) is 0 Å². The van der Waals surface area contributed by atoms with Crippen LogP contribution in [-0.4, -0.2) is 10.2 Å². The molecule has 0 radical (unpaired) electrons. The summed E-state index contributed by atoms with van der Waals surface area (Å²) in [7, 11) is 0. The Bertz CT molecular complexity index is 796. The number of hydrogen-bond donors (Lipinski definition) is 2. The molecule has 166 valence electrons. The molecule has 30 heavy (non-hydrogen) atoms. The minimum absolute atomic E-state index is 0.0461. The maximum absolute atomic E-state index is 11.3. The first-order chi connectivity index (χ1) is 14.0. The van der Waals surface area contributed by atoms with Gasteiger partial charge in [-0.2, -0.15) is 0 Å². The molecule has 0 saturated carbocycles. The Balaban J connectivity index is 2.76. The van der Waals surface area contributed by atoms with Gasteiger partial charge in [0, 0.05) is 17.0 Å². The van der Waals surface area contributed by atoms with Gasteiger partial charge in [0.25, 0.3) is 0 Å². The minimum Gasteiger partial charge on any atom is -0.507 e. The van der Waals surface area contributed by atoms with Crippen molar-refractivity contribution in [2.24, 2.45) is 11.3 Å². The van der Waals surface area contributed by atoms with E-state index in [1.807, 2.05) is 0 Å². The second-order valence-corrected chi connectivity index (χ2v) is 10.4. The molecule has 0 spiro atoms. The van der Waals surface area contributed by atoms with Crippen LogP contribution in [0.1, 0.15) is 100 Å². The highest BCUT2D eigenvalue weighted by Gasteiger charge is 2.31. The first-order valence-electron chi connectivity index (χ1n) is 11.6. The Morgan fingerprint density at radius 3 is 1.50 bits per heavy atom. The monoisotopic (exact) mass is 410 g/mol. The first-order valence-corrected chi connectivity index (χ1v) is 11.6. The van der Waals surface area contributed by atoms with Gasteiger partial charge < -0.3 is 10.2 Å². The van der Waals surface area contributed by atoms with Crippen molar-refractivity contribution in [1.82, 2.24) is 0 Å². The molecule has 1 atom stereocenters. The number of phenolic OH excluding ortho intramolecular Hbond substituents is 2. The van der Waals surface area contributed by atoms with Gasteiger partial charge in [-0.1, -0.05) is 89.8 Å². The van der Waals surface area contributed by atoms with Crippen molar-refractivity contribution in [3.05, 3.63) is 57.6 Å². The summed E-state index contributed by atoms with van der Waals surface area (Å²) in [6.07, 6.45) is 4.72. The van der Waals surface area contributed by atoms with E-state index in [1.54, 1.807) is 0 Å². The zero-order valence-corrected chi connectivity index (χ0v) is 20.4. The molecule has 0 aromatic heterocycles. The van der Waals surface area contributed by atoms with Crippen molar-refractivity contribution in [3.63, 3.8) is 0 Å². The van der Waals surface area contributed by atoms with Crippen LogP contribution in [0, 0.1) is 25.2 Å². The second kappa shape index (κ2) is 9.90. The maximum atomic E-state index is 11.3. The third-order valence-electron chi connectivity index (χ3n) is 5.94. The van der Waals surface area contributed by atoms with Crippen molar-refractivity contribution in [3.8, 4) is 11.5 Å². The fraction of sp³-hybridized carbons (Fsp3) is 0.571. The number of phenols is 2. The van der Waals surface area contributed by atoms with Crippen molar-refractivity contribution in [2.45, 2.75) is 93.4 Å². The fourth-order valence-corrected chi connectivity index (χ4v) is 5.03. The lowest BCUT2D eigenvalue weighted by Gasteiger charge is -2.32. The van der Waals surface area contributed by atoms with Crippen LogP contribution in [-0.2, 0) is 12.8 Å². The van der Waals surface area contributed by atoms with Gasteiger partial charge in [-0.25, -0.2) is 0 Å². The highest BCUT2D eigenvalue weighted by Crippen LogP contribution is 2.46. The van der Waals surface area contributed by atoms with E-state index >= 15 is 0 Å². The molecule has 0 bridgehead atoms. The summed E-state index contributed by atoms with van der Waals surface area (Å²) in [6, 6.07) is 8.46. The number of aromatic hydroxyl groups is 2. The van der Waals surface area contributed by atoms with Crippen LogP contribution in [0.5, 0.6) is 11.5 Å². The van der Waals surface area contributed by atoms with Crippen molar-refractivity contribution in [2.75, 3.05) is 0 Å². The Morgan fingerprint density at radius 2 is 1.17 bits per heavy atom. The van der Waals surface area contributed by atoms with E-state index in [-0.39, 0.29) is 17.3 Å². The Kier molecular flexibility index (Phi) is 8.02. The molecule has 1 unspecified atom stereocenters. The van der Waals surface area contributed by atoms with Crippen LogP contribution in [0.15, 0.2) is 24.3 Å². The summed E-state index contributed by atoms with van der Waals surface area (Å²) in [6.45, 7) is 17.5. The Morgan fingerprint density at radius 1 is 0.767 bits per heavy atom. The predicted molar refractivity (Wildman–Crippen MR) is 129 cm³/mol. The third kappa shape index (κ3) is 5.80. The Hall–Kier alpha value is -1.96. The molecule has 2 nitrogen and oxygen atoms in total. The molecule has 0 amide bonds. The zero-order chi connectivity index (χ0) is 22.6. The summed E-state index contributed by atoms with van der Waals surface area (Å²) in [5.41, 5.74) is 6.44. The lowest BCUT2D eigenvalue weighted by Crippen LogP contribution is -2.19. The van der Waals surface area contributed by atoms with Crippen LogP contribution < -0.4 is 0 Å². The number of benzene rings is 2. The second-order valence-electron chi connectivity index (χ2n) is 10.4. The fourth-order valence-electron chi connectivity index (χ4n) is 5.03. The van der Waals surface area contributed by atoms with Gasteiger partial charge in [-0.15, -0.1) is 0 Å². The molecule has 0 aliphatic heterocycles. The van der Waals surface area contributed by atoms with Gasteiger partial charge in [-0.05, 0) is 55.6 Å². The molecule has 2 rings (SSSR count). The summed E-state index contributed by atoms with van der Waals surface area (Å²) in [4.78, 5) is 0. The van der Waals surface area contributed by atoms with E-state index < -0.39 is 0 Å². The first kappa shape index (κ1) is 24.3. The molecular weight excluding hydrogens is 368 g/mol. The zero-order valence-electron chi connectivity index (χ0n) is 20.4. The van der Waals surface area contributed by atoms with Crippen molar-refractivity contribution in [1.29, 1.82) is 0 Å². The summed E-state index contributed by atoms with van der Waals surface area (Å²) in [5, 5.41) is 22.5. The molecule has 0 aliphatic carbocycles.